The number of aromatic nitrogens is 1. The lowest BCUT2D eigenvalue weighted by molar-refractivity contribution is 1.33. The van der Waals surface area contributed by atoms with E-state index < -0.39 is 6.85 Å². The summed E-state index contributed by atoms with van der Waals surface area (Å²) in [5.74, 6) is 0. The largest absolute Gasteiger partial charge is 0.255 e. The number of fused-ring (bicyclic) bond motifs is 4. The summed E-state index contributed by atoms with van der Waals surface area (Å²) >= 11 is 1.54. The summed E-state index contributed by atoms with van der Waals surface area (Å²) in [6.07, 6.45) is 1.83. The monoisotopic (exact) mass is 356 g/mol. The minimum absolute atomic E-state index is 0.443. The Bertz CT molecular complexity index is 1390. The maximum absolute atomic E-state index is 8.21. The molecule has 0 unspecified atom stereocenters. The summed E-state index contributed by atoms with van der Waals surface area (Å²) in [7, 11) is 0. The molecule has 2 heterocycles. The Kier molecular flexibility index (Phi) is 2.74. The maximum Gasteiger partial charge on any atom is 0.0880 e. The lowest BCUT2D eigenvalue weighted by Gasteiger charge is -2.05. The normalized spacial score (nSPS) is 13.8. The van der Waals surface area contributed by atoms with Crippen molar-refractivity contribution < 1.29 is 4.11 Å². The molecule has 0 spiro atoms. The van der Waals surface area contributed by atoms with Crippen molar-refractivity contribution in [2.75, 3.05) is 0 Å². The number of aryl methyl sites for hydroxylation is 3. The van der Waals surface area contributed by atoms with Gasteiger partial charge < -0.3 is 0 Å². The molecule has 126 valence electrons. The highest BCUT2D eigenvalue weighted by molar-refractivity contribution is 7.26. The third-order valence-electron chi connectivity index (χ3n) is 4.90. The molecule has 0 aliphatic rings. The van der Waals surface area contributed by atoms with Gasteiger partial charge in [0.15, 0.2) is 0 Å². The van der Waals surface area contributed by atoms with Gasteiger partial charge in [0.2, 0.25) is 0 Å². The molecule has 1 nitrogen and oxygen atoms in total. The van der Waals surface area contributed by atoms with Crippen LogP contribution in [0.2, 0.25) is 0 Å². The molecule has 0 saturated carbocycles. The minimum Gasteiger partial charge on any atom is -0.255 e. The lowest BCUT2D eigenvalue weighted by atomic mass is 10.0. The van der Waals surface area contributed by atoms with E-state index in [1.807, 2.05) is 36.5 Å². The predicted octanol–water partition coefficient (Wildman–Crippen LogP) is 7.19. The Hall–Kier alpha value is -2.71. The molecule has 0 aliphatic carbocycles. The van der Waals surface area contributed by atoms with Crippen LogP contribution in [0, 0.1) is 20.7 Å². The third kappa shape index (κ3) is 2.26. The van der Waals surface area contributed by atoms with E-state index in [1.165, 1.54) is 11.1 Å². The van der Waals surface area contributed by atoms with Gasteiger partial charge in [-0.1, -0.05) is 41.5 Å². The standard InChI is InChI=1S/C24H19NS/c1-14-10-15(2)12-18(11-14)22-24-20(8-9-25-22)21-13-17-6-4-5-7-19(17)16(3)23(21)26-24/h4-13H,1-3H3/i3D3. The second-order valence-electron chi connectivity index (χ2n) is 6.86. The average Bonchev–Trinajstić information content (AvgIpc) is 3.02. The number of thiophene rings is 1. The third-order valence-corrected chi connectivity index (χ3v) is 6.14. The Balaban J connectivity index is 1.95. The van der Waals surface area contributed by atoms with Gasteiger partial charge in [0.25, 0.3) is 0 Å². The lowest BCUT2D eigenvalue weighted by Crippen LogP contribution is -1.86. The molecule has 0 radical (unpaired) electrons. The van der Waals surface area contributed by atoms with Crippen LogP contribution in [-0.2, 0) is 0 Å². The summed E-state index contributed by atoms with van der Waals surface area (Å²) in [6, 6.07) is 18.3. The Labute approximate surface area is 161 Å². The van der Waals surface area contributed by atoms with Crippen LogP contribution < -0.4 is 0 Å². The van der Waals surface area contributed by atoms with Crippen molar-refractivity contribution in [1.29, 1.82) is 0 Å². The van der Waals surface area contributed by atoms with Gasteiger partial charge >= 0.3 is 0 Å². The molecule has 0 bridgehead atoms. The first kappa shape index (κ1) is 12.6. The fourth-order valence-electron chi connectivity index (χ4n) is 3.82. The first-order valence-electron chi connectivity index (χ1n) is 10.1. The second-order valence-corrected chi connectivity index (χ2v) is 7.88. The second kappa shape index (κ2) is 5.65. The molecule has 26 heavy (non-hydrogen) atoms. The zero-order chi connectivity index (χ0) is 20.3. The van der Waals surface area contributed by atoms with Gasteiger partial charge in [-0.2, -0.15) is 0 Å². The topological polar surface area (TPSA) is 12.9 Å². The van der Waals surface area contributed by atoms with E-state index in [9.17, 15) is 0 Å². The molecule has 5 aromatic rings. The van der Waals surface area contributed by atoms with Gasteiger partial charge in [0.1, 0.15) is 0 Å². The van der Waals surface area contributed by atoms with Crippen molar-refractivity contribution in [3.8, 4) is 11.3 Å². The highest BCUT2D eigenvalue weighted by Crippen LogP contribution is 2.42. The first-order chi connectivity index (χ1) is 13.8. The highest BCUT2D eigenvalue weighted by Gasteiger charge is 2.14. The minimum atomic E-state index is -2.19. The van der Waals surface area contributed by atoms with E-state index in [2.05, 4.69) is 43.1 Å². The summed E-state index contributed by atoms with van der Waals surface area (Å²) in [4.78, 5) is 4.69. The van der Waals surface area contributed by atoms with Crippen molar-refractivity contribution in [2.24, 2.45) is 0 Å². The van der Waals surface area contributed by atoms with Crippen molar-refractivity contribution in [3.63, 3.8) is 0 Å². The predicted molar refractivity (Wildman–Crippen MR) is 114 cm³/mol. The molecule has 0 atom stereocenters. The molecule has 2 heteroatoms. The van der Waals surface area contributed by atoms with Gasteiger partial charge in [-0.25, -0.2) is 0 Å². The van der Waals surface area contributed by atoms with Crippen molar-refractivity contribution in [1.82, 2.24) is 4.98 Å². The molecule has 0 saturated heterocycles. The fraction of sp³-hybridized carbons (Fsp3) is 0.125. The van der Waals surface area contributed by atoms with Crippen molar-refractivity contribution in [3.05, 3.63) is 77.5 Å². The van der Waals surface area contributed by atoms with E-state index in [0.29, 0.717) is 5.56 Å². The van der Waals surface area contributed by atoms with Crippen LogP contribution in [-0.4, -0.2) is 4.98 Å². The molecule has 0 amide bonds. The molecule has 0 N–H and O–H groups in total. The first-order valence-corrected chi connectivity index (χ1v) is 9.47. The van der Waals surface area contributed by atoms with Crippen LogP contribution in [0.25, 0.3) is 42.2 Å². The zero-order valence-corrected chi connectivity index (χ0v) is 15.4. The number of hydrogen-bond donors (Lipinski definition) is 0. The van der Waals surface area contributed by atoms with E-state index in [4.69, 9.17) is 4.11 Å². The van der Waals surface area contributed by atoms with Crippen molar-refractivity contribution >= 4 is 42.3 Å². The summed E-state index contributed by atoms with van der Waals surface area (Å²) < 4.78 is 26.5. The number of pyridine rings is 1. The van der Waals surface area contributed by atoms with Gasteiger partial charge in [0, 0.05) is 31.3 Å². The van der Waals surface area contributed by atoms with Gasteiger partial charge in [-0.15, -0.1) is 11.3 Å². The molecule has 2 aromatic heterocycles. The number of benzene rings is 3. The molecular weight excluding hydrogens is 334 g/mol. The molecular formula is C24H19NS. The van der Waals surface area contributed by atoms with Crippen LogP contribution in [0.4, 0.5) is 0 Å². The van der Waals surface area contributed by atoms with Crippen molar-refractivity contribution in [2.45, 2.75) is 20.7 Å². The fourth-order valence-corrected chi connectivity index (χ4v) is 5.07. The quantitative estimate of drug-likeness (QED) is 0.309. The van der Waals surface area contributed by atoms with E-state index in [-0.39, 0.29) is 0 Å². The van der Waals surface area contributed by atoms with Crippen LogP contribution in [0.3, 0.4) is 0 Å². The molecule has 3 aromatic carbocycles. The van der Waals surface area contributed by atoms with Gasteiger partial charge in [0.05, 0.1) is 10.4 Å². The van der Waals surface area contributed by atoms with Gasteiger partial charge in [-0.3, -0.25) is 4.98 Å². The zero-order valence-electron chi connectivity index (χ0n) is 17.6. The number of hydrogen-bond acceptors (Lipinski definition) is 2. The SMILES string of the molecule is [2H]C([2H])([2H])c1c2ccccc2cc2c1sc1c(-c3cc(C)cc(C)c3)nccc12. The summed E-state index contributed by atoms with van der Waals surface area (Å²) in [5.41, 5.74) is 4.80. The van der Waals surface area contributed by atoms with E-state index in [0.717, 1.165) is 42.2 Å². The Morgan fingerprint density at radius 3 is 2.46 bits per heavy atom. The Morgan fingerprint density at radius 2 is 1.65 bits per heavy atom. The smallest absolute Gasteiger partial charge is 0.0880 e. The highest BCUT2D eigenvalue weighted by atomic mass is 32.1. The van der Waals surface area contributed by atoms with Crippen LogP contribution in [0.15, 0.2) is 60.8 Å². The van der Waals surface area contributed by atoms with E-state index >= 15 is 0 Å². The van der Waals surface area contributed by atoms with Crippen LogP contribution in [0.5, 0.6) is 0 Å². The average molecular weight is 357 g/mol. The molecule has 0 aliphatic heterocycles. The van der Waals surface area contributed by atoms with Crippen LogP contribution in [0.1, 0.15) is 20.8 Å². The molecule has 5 rings (SSSR count). The summed E-state index contributed by atoms with van der Waals surface area (Å²) in [6.45, 7) is 1.98. The maximum atomic E-state index is 8.21. The number of nitrogens with zero attached hydrogens (tertiary/aromatic N) is 1. The number of rotatable bonds is 1. The van der Waals surface area contributed by atoms with E-state index in [1.54, 1.807) is 11.3 Å². The molecule has 0 fully saturated rings. The summed E-state index contributed by atoms with van der Waals surface area (Å²) in [5, 5.41) is 3.80. The Morgan fingerprint density at radius 1 is 0.846 bits per heavy atom. The van der Waals surface area contributed by atoms with Crippen LogP contribution >= 0.6 is 11.3 Å². The van der Waals surface area contributed by atoms with Gasteiger partial charge in [-0.05, 0) is 61.3 Å².